The first-order chi connectivity index (χ1) is 9.69. The summed E-state index contributed by atoms with van der Waals surface area (Å²) in [6.07, 6.45) is 4.96. The molecule has 1 aliphatic heterocycles. The zero-order valence-corrected chi connectivity index (χ0v) is 13.3. The molecule has 1 aliphatic carbocycles. The number of amides is 1. The van der Waals surface area contributed by atoms with Crippen molar-refractivity contribution in [3.05, 3.63) is 23.5 Å². The molecule has 2 bridgehead atoms. The Kier molecular flexibility index (Phi) is 3.05. The number of fused-ring (bicyclic) bond motifs is 2. The fraction of sp³-hybridized carbons (Fsp3) is 0.647. The first kappa shape index (κ1) is 14.4. The quantitative estimate of drug-likeness (QED) is 0.849. The summed E-state index contributed by atoms with van der Waals surface area (Å²) in [7, 11) is 0. The molecule has 2 fully saturated rings. The molecule has 4 nitrogen and oxygen atoms in total. The van der Waals surface area contributed by atoms with Crippen LogP contribution < -0.4 is 0 Å². The molecule has 1 saturated heterocycles. The van der Waals surface area contributed by atoms with Crippen molar-refractivity contribution in [3.63, 3.8) is 0 Å². The maximum atomic E-state index is 12.8. The number of carbonyl (C=O) groups is 2. The molecule has 1 aromatic heterocycles. The van der Waals surface area contributed by atoms with Crippen molar-refractivity contribution < 1.29 is 9.59 Å². The van der Waals surface area contributed by atoms with E-state index in [2.05, 4.69) is 25.8 Å². The minimum Gasteiger partial charge on any atom is -0.356 e. The average Bonchev–Trinajstić information content (AvgIpc) is 2.90. The zero-order chi connectivity index (χ0) is 15.4. The molecule has 2 atom stereocenters. The third-order valence-corrected chi connectivity index (χ3v) is 5.00. The number of aromatic nitrogens is 1. The molecule has 0 radical (unpaired) electrons. The molecule has 1 aromatic rings. The third kappa shape index (κ3) is 2.52. The van der Waals surface area contributed by atoms with Crippen LogP contribution >= 0.6 is 0 Å². The lowest BCUT2D eigenvalue weighted by molar-refractivity contribution is 0.0703. The summed E-state index contributed by atoms with van der Waals surface area (Å²) in [4.78, 5) is 29.1. The number of aromatic amines is 1. The number of hydrogen-bond donors (Lipinski definition) is 1. The fourth-order valence-corrected chi connectivity index (χ4v) is 4.57. The largest absolute Gasteiger partial charge is 0.356 e. The molecule has 114 valence electrons. The molecule has 2 unspecified atom stereocenters. The molecule has 2 aliphatic rings. The van der Waals surface area contributed by atoms with Gasteiger partial charge in [0.2, 0.25) is 0 Å². The molecule has 0 spiro atoms. The van der Waals surface area contributed by atoms with Gasteiger partial charge in [-0.15, -0.1) is 0 Å². The number of rotatable bonds is 2. The van der Waals surface area contributed by atoms with Gasteiger partial charge >= 0.3 is 0 Å². The van der Waals surface area contributed by atoms with Crippen molar-refractivity contribution in [1.29, 1.82) is 0 Å². The average molecular weight is 288 g/mol. The summed E-state index contributed by atoms with van der Waals surface area (Å²) < 4.78 is 0. The summed E-state index contributed by atoms with van der Waals surface area (Å²) in [5.74, 6) is 0.0208. The van der Waals surface area contributed by atoms with Crippen molar-refractivity contribution in [2.45, 2.75) is 53.0 Å². The molecule has 1 saturated carbocycles. The SMILES string of the molecule is CC(=O)c1c[nH]c(C(=O)N2CC3(C)CC2CC(C)(C)C3)c1. The number of hydrogen-bond acceptors (Lipinski definition) is 2. The van der Waals surface area contributed by atoms with E-state index in [1.54, 1.807) is 12.3 Å². The van der Waals surface area contributed by atoms with Crippen LogP contribution in [-0.4, -0.2) is 34.2 Å². The Balaban J connectivity index is 1.84. The molecule has 1 amide bonds. The Morgan fingerprint density at radius 1 is 1.29 bits per heavy atom. The molecule has 1 N–H and O–H groups in total. The van der Waals surface area contributed by atoms with E-state index in [4.69, 9.17) is 0 Å². The van der Waals surface area contributed by atoms with Gasteiger partial charge in [-0.05, 0) is 43.1 Å². The van der Waals surface area contributed by atoms with Crippen LogP contribution in [0.5, 0.6) is 0 Å². The molecular formula is C17H24N2O2. The maximum absolute atomic E-state index is 12.8. The van der Waals surface area contributed by atoms with E-state index in [-0.39, 0.29) is 17.1 Å². The standard InChI is InChI=1S/C17H24N2O2/c1-11(20)12-5-14(18-8-12)15(21)19-10-17(4)7-13(19)6-16(2,3)9-17/h5,8,13,18H,6-7,9-10H2,1-4H3. The fourth-order valence-electron chi connectivity index (χ4n) is 4.57. The lowest BCUT2D eigenvalue weighted by atomic mass is 9.65. The predicted molar refractivity (Wildman–Crippen MR) is 81.4 cm³/mol. The first-order valence-corrected chi connectivity index (χ1v) is 7.70. The first-order valence-electron chi connectivity index (χ1n) is 7.70. The van der Waals surface area contributed by atoms with Crippen LogP contribution in [-0.2, 0) is 0 Å². The minimum absolute atomic E-state index is 0.0152. The summed E-state index contributed by atoms with van der Waals surface area (Å²) in [5, 5.41) is 0. The molecule has 0 aromatic carbocycles. The number of Topliss-reactive ketones (excluding diaryl/α,β-unsaturated/α-hetero) is 1. The van der Waals surface area contributed by atoms with Gasteiger partial charge in [0.25, 0.3) is 5.91 Å². The van der Waals surface area contributed by atoms with Crippen LogP contribution in [0.25, 0.3) is 0 Å². The Morgan fingerprint density at radius 3 is 2.62 bits per heavy atom. The Bertz CT molecular complexity index is 602. The molecule has 4 heteroatoms. The van der Waals surface area contributed by atoms with Crippen molar-refractivity contribution in [3.8, 4) is 0 Å². The van der Waals surface area contributed by atoms with Gasteiger partial charge < -0.3 is 9.88 Å². The number of H-pyrrole nitrogens is 1. The van der Waals surface area contributed by atoms with Gasteiger partial charge in [-0.3, -0.25) is 9.59 Å². The molecule has 21 heavy (non-hydrogen) atoms. The smallest absolute Gasteiger partial charge is 0.270 e. The van der Waals surface area contributed by atoms with E-state index in [0.29, 0.717) is 22.7 Å². The predicted octanol–water partition coefficient (Wildman–Crippen LogP) is 3.26. The Labute approximate surface area is 125 Å². The van der Waals surface area contributed by atoms with Gasteiger partial charge in [0.1, 0.15) is 5.69 Å². The normalized spacial score (nSPS) is 30.5. The van der Waals surface area contributed by atoms with Crippen molar-refractivity contribution in [2.24, 2.45) is 10.8 Å². The van der Waals surface area contributed by atoms with Crippen molar-refractivity contribution in [1.82, 2.24) is 9.88 Å². The second-order valence-corrected chi connectivity index (χ2v) is 8.00. The van der Waals surface area contributed by atoms with Gasteiger partial charge in [0.05, 0.1) is 0 Å². The highest BCUT2D eigenvalue weighted by atomic mass is 16.2. The topological polar surface area (TPSA) is 53.2 Å². The number of ketones is 1. The van der Waals surface area contributed by atoms with Gasteiger partial charge in [-0.2, -0.15) is 0 Å². The minimum atomic E-state index is -0.0152. The third-order valence-electron chi connectivity index (χ3n) is 5.00. The second-order valence-electron chi connectivity index (χ2n) is 8.00. The van der Waals surface area contributed by atoms with Gasteiger partial charge in [-0.25, -0.2) is 0 Å². The number of nitrogens with zero attached hydrogens (tertiary/aromatic N) is 1. The summed E-state index contributed by atoms with van der Waals surface area (Å²) >= 11 is 0. The lowest BCUT2D eigenvalue weighted by Gasteiger charge is -2.39. The van der Waals surface area contributed by atoms with Crippen LogP contribution in [0, 0.1) is 10.8 Å². The van der Waals surface area contributed by atoms with E-state index in [1.165, 1.54) is 13.3 Å². The highest BCUT2D eigenvalue weighted by Gasteiger charge is 2.51. The number of likely N-dealkylation sites (tertiary alicyclic amines) is 1. The van der Waals surface area contributed by atoms with E-state index >= 15 is 0 Å². The van der Waals surface area contributed by atoms with Crippen LogP contribution in [0.1, 0.15) is 67.8 Å². The van der Waals surface area contributed by atoms with Crippen molar-refractivity contribution >= 4 is 11.7 Å². The maximum Gasteiger partial charge on any atom is 0.270 e. The van der Waals surface area contributed by atoms with Crippen LogP contribution in [0.15, 0.2) is 12.3 Å². The summed E-state index contributed by atoms with van der Waals surface area (Å²) in [6.45, 7) is 9.24. The van der Waals surface area contributed by atoms with E-state index in [9.17, 15) is 9.59 Å². The highest BCUT2D eigenvalue weighted by Crippen LogP contribution is 2.52. The second kappa shape index (κ2) is 4.46. The molecular weight excluding hydrogens is 264 g/mol. The van der Waals surface area contributed by atoms with Gasteiger partial charge in [0.15, 0.2) is 5.78 Å². The van der Waals surface area contributed by atoms with Crippen LogP contribution in [0.4, 0.5) is 0 Å². The van der Waals surface area contributed by atoms with Crippen LogP contribution in [0.2, 0.25) is 0 Å². The Morgan fingerprint density at radius 2 is 2.00 bits per heavy atom. The summed E-state index contributed by atoms with van der Waals surface area (Å²) in [5.41, 5.74) is 1.65. The number of carbonyl (C=O) groups excluding carboxylic acids is 2. The highest BCUT2D eigenvalue weighted by molar-refractivity contribution is 5.99. The van der Waals surface area contributed by atoms with Crippen molar-refractivity contribution in [2.75, 3.05) is 6.54 Å². The van der Waals surface area contributed by atoms with E-state index in [1.807, 2.05) is 4.90 Å². The van der Waals surface area contributed by atoms with E-state index < -0.39 is 0 Å². The van der Waals surface area contributed by atoms with Crippen LogP contribution in [0.3, 0.4) is 0 Å². The number of nitrogens with one attached hydrogen (secondary N) is 1. The van der Waals surface area contributed by atoms with E-state index in [0.717, 1.165) is 19.4 Å². The van der Waals surface area contributed by atoms with Gasteiger partial charge in [-0.1, -0.05) is 20.8 Å². The Hall–Kier alpha value is -1.58. The molecule has 2 heterocycles. The summed E-state index contributed by atoms with van der Waals surface area (Å²) in [6, 6.07) is 2.01. The zero-order valence-electron chi connectivity index (χ0n) is 13.3. The lowest BCUT2D eigenvalue weighted by Crippen LogP contribution is -2.37. The van der Waals surface area contributed by atoms with Gasteiger partial charge in [0, 0.05) is 24.3 Å². The monoisotopic (exact) mass is 288 g/mol. The molecule has 3 rings (SSSR count).